The minimum atomic E-state index is -0.889. The Balaban J connectivity index is 2.30. The van der Waals surface area contributed by atoms with Gasteiger partial charge in [-0.2, -0.15) is 4.98 Å². The zero-order valence-electron chi connectivity index (χ0n) is 13.1. The van der Waals surface area contributed by atoms with Crippen molar-refractivity contribution in [1.82, 2.24) is 9.55 Å². The zero-order chi connectivity index (χ0) is 15.6. The molecule has 0 bridgehead atoms. The first kappa shape index (κ1) is 15.7. The Kier molecular flexibility index (Phi) is 4.80. The van der Waals surface area contributed by atoms with Crippen LogP contribution in [0.5, 0.6) is 0 Å². The van der Waals surface area contributed by atoms with Gasteiger partial charge in [0.25, 0.3) is 0 Å². The van der Waals surface area contributed by atoms with E-state index < -0.39 is 5.97 Å². The van der Waals surface area contributed by atoms with Gasteiger partial charge in [-0.1, -0.05) is 19.8 Å². The normalized spacial score (nSPS) is 22.2. The quantitative estimate of drug-likeness (QED) is 0.924. The van der Waals surface area contributed by atoms with Crippen molar-refractivity contribution >= 4 is 5.97 Å². The molecule has 1 saturated carbocycles. The summed E-state index contributed by atoms with van der Waals surface area (Å²) in [5.74, 6) is 0.309. The van der Waals surface area contributed by atoms with Crippen molar-refractivity contribution < 1.29 is 9.90 Å². The Morgan fingerprint density at radius 3 is 2.71 bits per heavy atom. The number of aliphatic carboxylic acids is 1. The maximum Gasteiger partial charge on any atom is 0.347 e. The van der Waals surface area contributed by atoms with E-state index in [4.69, 9.17) is 5.11 Å². The lowest BCUT2D eigenvalue weighted by molar-refractivity contribution is -0.136. The van der Waals surface area contributed by atoms with Gasteiger partial charge in [-0.15, -0.1) is 0 Å². The highest BCUT2D eigenvalue weighted by Gasteiger charge is 2.22. The maximum atomic E-state index is 12.2. The summed E-state index contributed by atoms with van der Waals surface area (Å²) < 4.78 is 1.67. The number of nitrogens with zero attached hydrogens (tertiary/aromatic N) is 2. The molecule has 0 aromatic carbocycles. The molecule has 1 aliphatic rings. The lowest BCUT2D eigenvalue weighted by Gasteiger charge is -2.28. The molecule has 2 atom stereocenters. The predicted molar refractivity (Wildman–Crippen MR) is 80.4 cm³/mol. The highest BCUT2D eigenvalue weighted by Crippen LogP contribution is 2.29. The third-order valence-electron chi connectivity index (χ3n) is 4.59. The van der Waals surface area contributed by atoms with Gasteiger partial charge in [0.2, 0.25) is 0 Å². The van der Waals surface area contributed by atoms with Crippen molar-refractivity contribution in [2.45, 2.75) is 59.4 Å². The molecule has 5 heteroatoms. The Bertz CT molecular complexity index is 592. The average molecular weight is 292 g/mol. The molecule has 116 valence electrons. The van der Waals surface area contributed by atoms with Gasteiger partial charge in [0, 0.05) is 23.5 Å². The molecule has 1 fully saturated rings. The van der Waals surface area contributed by atoms with Gasteiger partial charge >= 0.3 is 11.7 Å². The summed E-state index contributed by atoms with van der Waals surface area (Å²) in [6.45, 7) is 6.46. The molecule has 1 heterocycles. The Hall–Kier alpha value is -1.65. The van der Waals surface area contributed by atoms with E-state index in [2.05, 4.69) is 11.9 Å². The molecule has 0 aliphatic heterocycles. The minimum Gasteiger partial charge on any atom is -0.481 e. The number of hydrogen-bond donors (Lipinski definition) is 1. The molecule has 2 rings (SSSR count). The molecule has 1 aromatic rings. The maximum absolute atomic E-state index is 12.2. The predicted octanol–water partition coefficient (Wildman–Crippen LogP) is 2.31. The molecule has 21 heavy (non-hydrogen) atoms. The van der Waals surface area contributed by atoms with Crippen LogP contribution in [-0.4, -0.2) is 20.6 Å². The van der Waals surface area contributed by atoms with E-state index >= 15 is 0 Å². The van der Waals surface area contributed by atoms with Crippen LogP contribution in [0.3, 0.4) is 0 Å². The molecular weight excluding hydrogens is 268 g/mol. The largest absolute Gasteiger partial charge is 0.481 e. The molecular formula is C16H24N2O3. The van der Waals surface area contributed by atoms with Crippen molar-refractivity contribution in [3.63, 3.8) is 0 Å². The van der Waals surface area contributed by atoms with Gasteiger partial charge in [-0.25, -0.2) is 4.79 Å². The first-order valence-corrected chi connectivity index (χ1v) is 7.67. The van der Waals surface area contributed by atoms with Crippen LogP contribution in [0.4, 0.5) is 0 Å². The van der Waals surface area contributed by atoms with E-state index in [1.165, 1.54) is 12.8 Å². The lowest BCUT2D eigenvalue weighted by Crippen LogP contribution is -2.32. The van der Waals surface area contributed by atoms with Crippen molar-refractivity contribution in [2.24, 2.45) is 11.8 Å². The second-order valence-corrected chi connectivity index (χ2v) is 6.36. The molecule has 0 saturated heterocycles. The summed E-state index contributed by atoms with van der Waals surface area (Å²) in [6, 6.07) is 0. The topological polar surface area (TPSA) is 72.2 Å². The molecule has 1 N–H and O–H groups in total. The van der Waals surface area contributed by atoms with E-state index in [0.717, 1.165) is 18.5 Å². The fourth-order valence-electron chi connectivity index (χ4n) is 3.45. The van der Waals surface area contributed by atoms with Crippen LogP contribution in [0.25, 0.3) is 0 Å². The minimum absolute atomic E-state index is 0.0774. The number of carboxylic acid groups (broad SMARTS) is 1. The van der Waals surface area contributed by atoms with Crippen molar-refractivity contribution in [3.8, 4) is 0 Å². The Labute approximate surface area is 125 Å². The summed E-state index contributed by atoms with van der Waals surface area (Å²) in [6.07, 6.45) is 4.67. The number of aryl methyl sites for hydroxylation is 1. The first-order valence-electron chi connectivity index (χ1n) is 7.67. The highest BCUT2D eigenvalue weighted by molar-refractivity contribution is 5.70. The second kappa shape index (κ2) is 6.41. The van der Waals surface area contributed by atoms with Gasteiger partial charge in [-0.05, 0) is 38.5 Å². The van der Waals surface area contributed by atoms with Crippen LogP contribution in [0.1, 0.15) is 49.6 Å². The smallest absolute Gasteiger partial charge is 0.347 e. The average Bonchev–Trinajstić information content (AvgIpc) is 2.39. The second-order valence-electron chi connectivity index (χ2n) is 6.36. The van der Waals surface area contributed by atoms with Crippen LogP contribution in [0.2, 0.25) is 0 Å². The standard InChI is InChI=1S/C16H24N2O3/c1-10-5-4-6-13(7-10)9-18-12(3)14(8-15(19)20)11(2)17-16(18)21/h10,13H,4-9H2,1-3H3,(H,19,20). The third kappa shape index (κ3) is 3.71. The fourth-order valence-corrected chi connectivity index (χ4v) is 3.45. The van der Waals surface area contributed by atoms with Crippen LogP contribution in [0, 0.1) is 25.7 Å². The summed E-state index contributed by atoms with van der Waals surface area (Å²) in [5.41, 5.74) is 1.71. The Morgan fingerprint density at radius 2 is 2.10 bits per heavy atom. The molecule has 5 nitrogen and oxygen atoms in total. The molecule has 0 amide bonds. The van der Waals surface area contributed by atoms with Crippen LogP contribution in [-0.2, 0) is 17.8 Å². The zero-order valence-corrected chi connectivity index (χ0v) is 13.1. The number of carbonyl (C=O) groups is 1. The monoisotopic (exact) mass is 292 g/mol. The van der Waals surface area contributed by atoms with Crippen molar-refractivity contribution in [1.29, 1.82) is 0 Å². The summed E-state index contributed by atoms with van der Waals surface area (Å²) in [5, 5.41) is 9.02. The molecule has 1 aromatic heterocycles. The third-order valence-corrected chi connectivity index (χ3v) is 4.59. The number of rotatable bonds is 4. The van der Waals surface area contributed by atoms with Gasteiger partial charge in [0.05, 0.1) is 6.42 Å². The van der Waals surface area contributed by atoms with Gasteiger partial charge in [0.15, 0.2) is 0 Å². The van der Waals surface area contributed by atoms with Crippen molar-refractivity contribution in [2.75, 3.05) is 0 Å². The molecule has 1 aliphatic carbocycles. The van der Waals surface area contributed by atoms with E-state index in [1.807, 2.05) is 6.92 Å². The summed E-state index contributed by atoms with van der Waals surface area (Å²) >= 11 is 0. The number of aromatic nitrogens is 2. The molecule has 0 spiro atoms. The lowest BCUT2D eigenvalue weighted by atomic mass is 9.82. The van der Waals surface area contributed by atoms with E-state index in [0.29, 0.717) is 29.6 Å². The van der Waals surface area contributed by atoms with E-state index in [-0.39, 0.29) is 12.1 Å². The van der Waals surface area contributed by atoms with Crippen LogP contribution < -0.4 is 5.69 Å². The Morgan fingerprint density at radius 1 is 1.38 bits per heavy atom. The SMILES string of the molecule is Cc1nc(=O)n(CC2CCCC(C)C2)c(C)c1CC(=O)O. The van der Waals surface area contributed by atoms with Gasteiger partial charge in [0.1, 0.15) is 0 Å². The molecule has 0 radical (unpaired) electrons. The summed E-state index contributed by atoms with van der Waals surface area (Å²) in [7, 11) is 0. The molecule has 2 unspecified atom stereocenters. The van der Waals surface area contributed by atoms with Gasteiger partial charge in [-0.3, -0.25) is 9.36 Å². The highest BCUT2D eigenvalue weighted by atomic mass is 16.4. The van der Waals surface area contributed by atoms with Crippen LogP contribution >= 0.6 is 0 Å². The number of carboxylic acids is 1. The fraction of sp³-hybridized carbons (Fsp3) is 0.688. The first-order chi connectivity index (χ1) is 9.88. The van der Waals surface area contributed by atoms with Crippen LogP contribution in [0.15, 0.2) is 4.79 Å². The van der Waals surface area contributed by atoms with E-state index in [1.54, 1.807) is 11.5 Å². The van der Waals surface area contributed by atoms with Gasteiger partial charge < -0.3 is 5.11 Å². The number of hydrogen-bond acceptors (Lipinski definition) is 3. The summed E-state index contributed by atoms with van der Waals surface area (Å²) in [4.78, 5) is 27.2. The van der Waals surface area contributed by atoms with E-state index in [9.17, 15) is 9.59 Å². The van der Waals surface area contributed by atoms with Crippen molar-refractivity contribution in [3.05, 3.63) is 27.4 Å².